The zero-order chi connectivity index (χ0) is 25.4. The van der Waals surface area contributed by atoms with Crippen LogP contribution in [0.1, 0.15) is 0 Å². The fourth-order valence-corrected chi connectivity index (χ4v) is 4.69. The number of amides is 2. The number of halogens is 2. The second kappa shape index (κ2) is 9.53. The van der Waals surface area contributed by atoms with E-state index < -0.39 is 11.6 Å². The molecule has 2 N–H and O–H groups in total. The number of carbonyl (C=O) groups is 1. The number of rotatable bonds is 4. The van der Waals surface area contributed by atoms with Gasteiger partial charge in [-0.1, -0.05) is 41.4 Å². The molecule has 0 bridgehead atoms. The summed E-state index contributed by atoms with van der Waals surface area (Å²) in [5.74, 6) is 0.466. The van der Waals surface area contributed by atoms with Crippen molar-refractivity contribution in [1.82, 2.24) is 9.55 Å². The largest absolute Gasteiger partial charge is 0.495 e. The molecular weight excluding hydrogens is 499 g/mol. The van der Waals surface area contributed by atoms with Crippen molar-refractivity contribution in [2.75, 3.05) is 17.7 Å². The Morgan fingerprint density at radius 1 is 0.972 bits per heavy atom. The number of nitrogens with one attached hydrogen (secondary N) is 2. The number of aryl methyl sites for hydroxylation is 1. The number of nitrogens with zero attached hydrogens (tertiary/aromatic N) is 2. The van der Waals surface area contributed by atoms with E-state index in [4.69, 9.17) is 27.9 Å². The molecule has 0 spiro atoms. The first-order chi connectivity index (χ1) is 17.4. The highest BCUT2D eigenvalue weighted by molar-refractivity contribution is 6.34. The van der Waals surface area contributed by atoms with Crippen LogP contribution in [-0.4, -0.2) is 22.7 Å². The summed E-state index contributed by atoms with van der Waals surface area (Å²) >= 11 is 12.9. The first kappa shape index (κ1) is 23.7. The van der Waals surface area contributed by atoms with Crippen molar-refractivity contribution in [2.45, 2.75) is 0 Å². The highest BCUT2D eigenvalue weighted by Gasteiger charge is 2.21. The number of hydrogen-bond donors (Lipinski definition) is 2. The summed E-state index contributed by atoms with van der Waals surface area (Å²) in [6, 6.07) is 17.1. The zero-order valence-electron chi connectivity index (χ0n) is 19.3. The van der Waals surface area contributed by atoms with Gasteiger partial charge in [0.15, 0.2) is 0 Å². The van der Waals surface area contributed by atoms with Crippen LogP contribution in [0.3, 0.4) is 0 Å². The van der Waals surface area contributed by atoms with Crippen LogP contribution in [0.4, 0.5) is 16.2 Å². The average molecular weight is 519 g/mol. The first-order valence-corrected chi connectivity index (χ1v) is 11.7. The van der Waals surface area contributed by atoms with Gasteiger partial charge in [0.25, 0.3) is 5.56 Å². The van der Waals surface area contributed by atoms with Crippen LogP contribution in [0.5, 0.6) is 5.75 Å². The fraction of sp³-hybridized carbons (Fsp3) is 0.0741. The maximum atomic E-state index is 13.5. The van der Waals surface area contributed by atoms with Crippen molar-refractivity contribution in [1.29, 1.82) is 0 Å². The predicted octanol–water partition coefficient (Wildman–Crippen LogP) is 6.71. The third kappa shape index (κ3) is 4.12. The van der Waals surface area contributed by atoms with Gasteiger partial charge < -0.3 is 19.9 Å². The van der Waals surface area contributed by atoms with Crippen LogP contribution in [0.25, 0.3) is 32.8 Å². The topological polar surface area (TPSA) is 85.2 Å². The van der Waals surface area contributed by atoms with Crippen molar-refractivity contribution < 1.29 is 9.53 Å². The Labute approximate surface area is 216 Å². The van der Waals surface area contributed by atoms with Gasteiger partial charge in [0.1, 0.15) is 11.4 Å². The van der Waals surface area contributed by atoms with Gasteiger partial charge in [-0.15, -0.1) is 0 Å². The van der Waals surface area contributed by atoms with E-state index in [0.717, 1.165) is 10.8 Å². The lowest BCUT2D eigenvalue weighted by Gasteiger charge is -2.19. The molecule has 0 radical (unpaired) electrons. The Bertz CT molecular complexity index is 1720. The molecule has 0 aliphatic rings. The summed E-state index contributed by atoms with van der Waals surface area (Å²) in [5, 5.41) is 8.75. The van der Waals surface area contributed by atoms with E-state index in [9.17, 15) is 9.59 Å². The van der Waals surface area contributed by atoms with Crippen LogP contribution in [-0.2, 0) is 7.05 Å². The van der Waals surface area contributed by atoms with Crippen molar-refractivity contribution in [3.05, 3.63) is 93.5 Å². The minimum atomic E-state index is -0.621. The maximum Gasteiger partial charge on any atom is 0.323 e. The number of pyridine rings is 2. The molecule has 0 aliphatic heterocycles. The van der Waals surface area contributed by atoms with Crippen molar-refractivity contribution in [3.63, 3.8) is 0 Å². The number of anilines is 2. The summed E-state index contributed by atoms with van der Waals surface area (Å²) in [6.45, 7) is 0. The number of hydrogen-bond acceptors (Lipinski definition) is 4. The second-order valence-electron chi connectivity index (χ2n) is 8.07. The van der Waals surface area contributed by atoms with E-state index in [1.54, 1.807) is 68.0 Å². The maximum absolute atomic E-state index is 13.5. The summed E-state index contributed by atoms with van der Waals surface area (Å²) < 4.78 is 6.93. The molecule has 0 atom stereocenters. The smallest absolute Gasteiger partial charge is 0.323 e. The predicted molar refractivity (Wildman–Crippen MR) is 146 cm³/mol. The summed E-state index contributed by atoms with van der Waals surface area (Å²) in [7, 11) is 3.16. The van der Waals surface area contributed by atoms with Crippen molar-refractivity contribution in [2.24, 2.45) is 7.05 Å². The van der Waals surface area contributed by atoms with Crippen LogP contribution < -0.4 is 20.9 Å². The van der Waals surface area contributed by atoms with E-state index in [2.05, 4.69) is 15.6 Å². The lowest BCUT2D eigenvalue weighted by atomic mass is 9.99. The molecule has 0 aliphatic carbocycles. The number of ether oxygens (including phenoxy) is 1. The molecule has 0 saturated carbocycles. The minimum absolute atomic E-state index is 0.0683. The van der Waals surface area contributed by atoms with Crippen LogP contribution >= 0.6 is 23.2 Å². The van der Waals surface area contributed by atoms with Gasteiger partial charge in [-0.2, -0.15) is 0 Å². The van der Waals surface area contributed by atoms with Gasteiger partial charge in [-0.05, 0) is 42.5 Å². The van der Waals surface area contributed by atoms with Crippen molar-refractivity contribution in [3.8, 4) is 16.9 Å². The Morgan fingerprint density at radius 3 is 2.53 bits per heavy atom. The molecule has 180 valence electrons. The molecule has 2 heterocycles. The Balaban J connectivity index is 1.67. The monoisotopic (exact) mass is 518 g/mol. The first-order valence-electron chi connectivity index (χ1n) is 10.9. The number of methoxy groups -OCH3 is 1. The van der Waals surface area contributed by atoms with E-state index in [-0.39, 0.29) is 5.69 Å². The average Bonchev–Trinajstić information content (AvgIpc) is 2.88. The lowest BCUT2D eigenvalue weighted by Crippen LogP contribution is -2.28. The van der Waals surface area contributed by atoms with E-state index >= 15 is 0 Å². The lowest BCUT2D eigenvalue weighted by molar-refractivity contribution is 0.262. The Hall–Kier alpha value is -4.07. The van der Waals surface area contributed by atoms with Gasteiger partial charge in [-0.3, -0.25) is 9.78 Å². The Morgan fingerprint density at radius 2 is 1.75 bits per heavy atom. The molecule has 0 saturated heterocycles. The summed E-state index contributed by atoms with van der Waals surface area (Å²) in [5.41, 5.74) is 1.84. The van der Waals surface area contributed by atoms with Gasteiger partial charge >= 0.3 is 6.03 Å². The zero-order valence-corrected chi connectivity index (χ0v) is 20.8. The minimum Gasteiger partial charge on any atom is -0.495 e. The number of aromatic nitrogens is 2. The highest BCUT2D eigenvalue weighted by Crippen LogP contribution is 2.38. The molecule has 3 aromatic carbocycles. The molecule has 5 aromatic rings. The SMILES string of the molecule is COc1ccc2cnccc2c1NC(=O)Nc1c(-c2ccccc2Cl)c2cc(Cl)ccc2n(C)c1=O. The van der Waals surface area contributed by atoms with Gasteiger partial charge in [-0.25, -0.2) is 4.79 Å². The van der Waals surface area contributed by atoms with E-state index in [1.807, 2.05) is 12.1 Å². The third-order valence-electron chi connectivity index (χ3n) is 5.98. The molecule has 0 unspecified atom stereocenters. The summed E-state index contributed by atoms with van der Waals surface area (Å²) in [4.78, 5) is 31.0. The quantitative estimate of drug-likeness (QED) is 0.276. The number of benzene rings is 3. The molecule has 36 heavy (non-hydrogen) atoms. The fourth-order valence-electron chi connectivity index (χ4n) is 4.29. The molecule has 9 heteroatoms. The molecule has 5 rings (SSSR count). The Kier molecular flexibility index (Phi) is 6.26. The molecule has 2 amide bonds. The van der Waals surface area contributed by atoms with Gasteiger partial charge in [0.2, 0.25) is 0 Å². The number of carbonyl (C=O) groups excluding carboxylic acids is 1. The normalized spacial score (nSPS) is 11.0. The molecule has 7 nitrogen and oxygen atoms in total. The van der Waals surface area contributed by atoms with Crippen LogP contribution in [0, 0.1) is 0 Å². The standard InChI is InChI=1S/C27H20Cl2N4O3/c1-33-21-9-8-16(28)13-19(21)23(18-5-3-4-6-20(18)29)25(26(33)34)32-27(35)31-24-17-11-12-30-14-15(17)7-10-22(24)36-2/h3-14H,1-2H3,(H2,31,32,35). The molecule has 2 aromatic heterocycles. The molecule has 0 fully saturated rings. The van der Waals surface area contributed by atoms with E-state index in [0.29, 0.717) is 43.5 Å². The van der Waals surface area contributed by atoms with Crippen molar-refractivity contribution >= 4 is 62.3 Å². The van der Waals surface area contributed by atoms with E-state index in [1.165, 1.54) is 11.7 Å². The summed E-state index contributed by atoms with van der Waals surface area (Å²) in [6.07, 6.45) is 3.32. The third-order valence-corrected chi connectivity index (χ3v) is 6.54. The van der Waals surface area contributed by atoms with Crippen LogP contribution in [0.2, 0.25) is 10.0 Å². The van der Waals surface area contributed by atoms with Gasteiger partial charge in [0, 0.05) is 56.8 Å². The number of fused-ring (bicyclic) bond motifs is 2. The number of urea groups is 1. The van der Waals surface area contributed by atoms with Crippen LogP contribution in [0.15, 0.2) is 77.9 Å². The van der Waals surface area contributed by atoms with Gasteiger partial charge in [0.05, 0.1) is 18.3 Å². The second-order valence-corrected chi connectivity index (χ2v) is 8.92. The molecular formula is C27H20Cl2N4O3. The highest BCUT2D eigenvalue weighted by atomic mass is 35.5.